The summed E-state index contributed by atoms with van der Waals surface area (Å²) in [6, 6.07) is 8.81. The Balaban J connectivity index is 1.87. The molecule has 0 radical (unpaired) electrons. The number of nitrogens with zero attached hydrogens (tertiary/aromatic N) is 1. The van der Waals surface area contributed by atoms with Gasteiger partial charge >= 0.3 is 6.09 Å². The van der Waals surface area contributed by atoms with Crippen LogP contribution in [0.25, 0.3) is 0 Å². The van der Waals surface area contributed by atoms with Gasteiger partial charge in [0.15, 0.2) is 0 Å². The lowest BCUT2D eigenvalue weighted by molar-refractivity contribution is -0.124. The smallest absolute Gasteiger partial charge is 0.410 e. The van der Waals surface area contributed by atoms with Gasteiger partial charge < -0.3 is 9.53 Å². The van der Waals surface area contributed by atoms with Gasteiger partial charge in [-0.1, -0.05) is 44.2 Å². The largest absolute Gasteiger partial charge is 0.415 e. The van der Waals surface area contributed by atoms with E-state index in [0.29, 0.717) is 12.3 Å². The number of amides is 1. The van der Waals surface area contributed by atoms with Crippen LogP contribution in [0, 0.1) is 10.8 Å². The quantitative estimate of drug-likeness (QED) is 0.634. The molecule has 1 aliphatic carbocycles. The second kappa shape index (κ2) is 5.27. The van der Waals surface area contributed by atoms with Crippen LogP contribution in [0.5, 0.6) is 5.75 Å². The van der Waals surface area contributed by atoms with Gasteiger partial charge in [-0.2, -0.15) is 0 Å². The predicted octanol–water partition coefficient (Wildman–Crippen LogP) is 3.43. The Morgan fingerprint density at radius 3 is 2.77 bits per heavy atom. The molecule has 116 valence electrons. The summed E-state index contributed by atoms with van der Waals surface area (Å²) < 4.78 is 5.47. The first kappa shape index (κ1) is 14.8. The van der Waals surface area contributed by atoms with Gasteiger partial charge in [-0.25, -0.2) is 4.79 Å². The maximum atomic E-state index is 12.6. The van der Waals surface area contributed by atoms with E-state index in [-0.39, 0.29) is 17.6 Å². The number of fused-ring (bicyclic) bond motifs is 2. The standard InChI is InChI=1S/C18H21NO3/c1-3-18-10-9-15(17(2,11-18)13-20)19(12-18)16(21)22-14-7-5-4-6-8-14/h4-10,13,15H,3,11-12H2,1-2H3/t15-,17-,18-/m1/s1. The number of hydrogen-bond acceptors (Lipinski definition) is 3. The fourth-order valence-corrected chi connectivity index (χ4v) is 3.74. The summed E-state index contributed by atoms with van der Waals surface area (Å²) in [5.74, 6) is 0.524. The SMILES string of the molecule is CC[C@]12C=C[C@@H](N(C(=O)Oc3ccccc3)C1)[C@@](C)(C=O)C2. The molecule has 4 nitrogen and oxygen atoms in total. The average molecular weight is 299 g/mol. The Morgan fingerprint density at radius 1 is 1.41 bits per heavy atom. The number of benzene rings is 1. The van der Waals surface area contributed by atoms with Gasteiger partial charge in [0.05, 0.1) is 6.04 Å². The van der Waals surface area contributed by atoms with Gasteiger partial charge in [0.1, 0.15) is 12.0 Å². The number of rotatable bonds is 3. The number of aldehydes is 1. The molecule has 2 heterocycles. The van der Waals surface area contributed by atoms with Crippen LogP contribution in [-0.2, 0) is 4.79 Å². The fourth-order valence-electron chi connectivity index (χ4n) is 3.74. The molecule has 0 N–H and O–H groups in total. The number of carbonyl (C=O) groups excluding carboxylic acids is 2. The number of para-hydroxylation sites is 1. The maximum absolute atomic E-state index is 12.6. The van der Waals surface area contributed by atoms with Gasteiger partial charge in [-0.3, -0.25) is 4.90 Å². The molecule has 2 aliphatic heterocycles. The van der Waals surface area contributed by atoms with Gasteiger partial charge in [-0.05, 0) is 25.0 Å². The van der Waals surface area contributed by atoms with Crippen LogP contribution in [0.2, 0.25) is 0 Å². The minimum atomic E-state index is -0.543. The van der Waals surface area contributed by atoms with E-state index in [1.165, 1.54) is 0 Å². The van der Waals surface area contributed by atoms with E-state index in [1.807, 2.05) is 31.2 Å². The molecular formula is C18H21NO3. The molecule has 0 spiro atoms. The summed E-state index contributed by atoms with van der Waals surface area (Å²) in [7, 11) is 0. The molecule has 0 aromatic heterocycles. The highest BCUT2D eigenvalue weighted by Gasteiger charge is 2.53. The zero-order chi connectivity index (χ0) is 15.8. The minimum Gasteiger partial charge on any atom is -0.410 e. The molecule has 2 bridgehead atoms. The average Bonchev–Trinajstić information content (AvgIpc) is 2.56. The molecule has 4 rings (SSSR count). The lowest BCUT2D eigenvalue weighted by Gasteiger charge is -2.55. The molecule has 1 aromatic rings. The van der Waals surface area contributed by atoms with Crippen LogP contribution in [0.4, 0.5) is 4.79 Å². The van der Waals surface area contributed by atoms with E-state index in [2.05, 4.69) is 13.0 Å². The van der Waals surface area contributed by atoms with E-state index in [0.717, 1.165) is 19.1 Å². The van der Waals surface area contributed by atoms with Crippen LogP contribution < -0.4 is 4.74 Å². The van der Waals surface area contributed by atoms with E-state index in [1.54, 1.807) is 17.0 Å². The lowest BCUT2D eigenvalue weighted by Crippen LogP contribution is -2.62. The summed E-state index contributed by atoms with van der Waals surface area (Å²) >= 11 is 0. The van der Waals surface area contributed by atoms with Gasteiger partial charge in [0.25, 0.3) is 0 Å². The molecule has 1 amide bonds. The van der Waals surface area contributed by atoms with Crippen molar-refractivity contribution in [3.8, 4) is 5.75 Å². The molecule has 0 unspecified atom stereocenters. The summed E-state index contributed by atoms with van der Waals surface area (Å²) in [4.78, 5) is 25.9. The first-order chi connectivity index (χ1) is 10.5. The highest BCUT2D eigenvalue weighted by molar-refractivity contribution is 5.74. The zero-order valence-electron chi connectivity index (χ0n) is 13.0. The normalized spacial score (nSPS) is 32.8. The van der Waals surface area contributed by atoms with Gasteiger partial charge in [0.2, 0.25) is 0 Å². The molecule has 3 atom stereocenters. The van der Waals surface area contributed by atoms with Crippen molar-refractivity contribution in [3.63, 3.8) is 0 Å². The van der Waals surface area contributed by atoms with E-state index in [4.69, 9.17) is 4.74 Å². The van der Waals surface area contributed by atoms with Crippen molar-refractivity contribution in [2.45, 2.75) is 32.7 Å². The fraction of sp³-hybridized carbons (Fsp3) is 0.444. The lowest BCUT2D eigenvalue weighted by atomic mass is 9.59. The molecular weight excluding hydrogens is 278 g/mol. The molecule has 1 aromatic carbocycles. The first-order valence-corrected chi connectivity index (χ1v) is 7.71. The van der Waals surface area contributed by atoms with Crippen molar-refractivity contribution in [2.24, 2.45) is 10.8 Å². The molecule has 1 fully saturated rings. The van der Waals surface area contributed by atoms with Crippen LogP contribution >= 0.6 is 0 Å². The van der Waals surface area contributed by atoms with Crippen LogP contribution in [0.1, 0.15) is 26.7 Å². The second-order valence-corrected chi connectivity index (χ2v) is 6.63. The topological polar surface area (TPSA) is 46.6 Å². The molecule has 4 heteroatoms. The summed E-state index contributed by atoms with van der Waals surface area (Å²) in [5.41, 5.74) is -0.668. The van der Waals surface area contributed by atoms with E-state index in [9.17, 15) is 9.59 Å². The monoisotopic (exact) mass is 299 g/mol. The summed E-state index contributed by atoms with van der Waals surface area (Å²) in [6.07, 6.45) is 6.47. The van der Waals surface area contributed by atoms with Crippen molar-refractivity contribution in [1.82, 2.24) is 4.90 Å². The van der Waals surface area contributed by atoms with Crippen molar-refractivity contribution in [1.29, 1.82) is 0 Å². The van der Waals surface area contributed by atoms with Crippen LogP contribution in [0.15, 0.2) is 42.5 Å². The molecule has 1 saturated heterocycles. The van der Waals surface area contributed by atoms with Crippen molar-refractivity contribution in [3.05, 3.63) is 42.5 Å². The Morgan fingerprint density at radius 2 is 2.14 bits per heavy atom. The molecule has 22 heavy (non-hydrogen) atoms. The summed E-state index contributed by atoms with van der Waals surface area (Å²) in [5, 5.41) is 0. The number of piperidine rings is 1. The third-order valence-electron chi connectivity index (χ3n) is 5.02. The number of hydrogen-bond donors (Lipinski definition) is 0. The Hall–Kier alpha value is -2.10. The first-order valence-electron chi connectivity index (χ1n) is 7.71. The maximum Gasteiger partial charge on any atom is 0.415 e. The highest BCUT2D eigenvalue weighted by Crippen LogP contribution is 2.50. The Kier molecular flexibility index (Phi) is 3.55. The second-order valence-electron chi connectivity index (χ2n) is 6.63. The minimum absolute atomic E-state index is 0.125. The van der Waals surface area contributed by atoms with Gasteiger partial charge in [-0.15, -0.1) is 0 Å². The van der Waals surface area contributed by atoms with E-state index >= 15 is 0 Å². The Labute approximate surface area is 130 Å². The zero-order valence-corrected chi connectivity index (χ0v) is 13.0. The molecule has 3 aliphatic rings. The van der Waals surface area contributed by atoms with Gasteiger partial charge in [0, 0.05) is 17.4 Å². The molecule has 0 saturated carbocycles. The van der Waals surface area contributed by atoms with Crippen LogP contribution in [0.3, 0.4) is 0 Å². The van der Waals surface area contributed by atoms with Crippen molar-refractivity contribution in [2.75, 3.05) is 6.54 Å². The predicted molar refractivity (Wildman–Crippen MR) is 83.6 cm³/mol. The van der Waals surface area contributed by atoms with Crippen molar-refractivity contribution >= 4 is 12.4 Å². The highest BCUT2D eigenvalue weighted by atomic mass is 16.6. The van der Waals surface area contributed by atoms with Crippen LogP contribution in [-0.4, -0.2) is 29.9 Å². The number of ether oxygens (including phenoxy) is 1. The number of carbonyl (C=O) groups is 2. The summed E-state index contributed by atoms with van der Waals surface area (Å²) in [6.45, 7) is 4.64. The Bertz CT molecular complexity index is 612. The van der Waals surface area contributed by atoms with Crippen molar-refractivity contribution < 1.29 is 14.3 Å². The third kappa shape index (κ3) is 2.32. The third-order valence-corrected chi connectivity index (χ3v) is 5.02. The van der Waals surface area contributed by atoms with E-state index < -0.39 is 5.41 Å².